The molecular weight excluding hydrogens is 551 g/mol. The lowest BCUT2D eigenvalue weighted by atomic mass is 9.82. The summed E-state index contributed by atoms with van der Waals surface area (Å²) >= 11 is 6.19. The van der Waals surface area contributed by atoms with Gasteiger partial charge < -0.3 is 10.1 Å². The van der Waals surface area contributed by atoms with Gasteiger partial charge in [-0.1, -0.05) is 80.1 Å². The molecule has 0 aliphatic heterocycles. The van der Waals surface area contributed by atoms with Crippen molar-refractivity contribution >= 4 is 41.3 Å². The number of hydrogen-bond acceptors (Lipinski definition) is 4. The van der Waals surface area contributed by atoms with Crippen LogP contribution in [0.2, 0.25) is 5.02 Å². The summed E-state index contributed by atoms with van der Waals surface area (Å²) in [5.41, 5.74) is 6.17. The summed E-state index contributed by atoms with van der Waals surface area (Å²) in [6, 6.07) is 20.7. The molecule has 1 heterocycles. The van der Waals surface area contributed by atoms with Gasteiger partial charge >= 0.3 is 5.97 Å². The molecule has 1 aromatic heterocycles. The van der Waals surface area contributed by atoms with E-state index >= 15 is 0 Å². The molecule has 0 spiro atoms. The number of esters is 1. The van der Waals surface area contributed by atoms with Crippen molar-refractivity contribution in [2.75, 3.05) is 12.4 Å². The molecule has 0 radical (unpaired) electrons. The summed E-state index contributed by atoms with van der Waals surface area (Å²) in [5, 5.41) is 5.58. The molecule has 2 aliphatic rings. The number of pyridine rings is 1. The molecule has 42 heavy (non-hydrogen) atoms. The predicted octanol–water partition coefficient (Wildman–Crippen LogP) is 6.77. The van der Waals surface area contributed by atoms with Crippen molar-refractivity contribution in [2.24, 2.45) is 0 Å². The molecule has 1 N–H and O–H groups in total. The van der Waals surface area contributed by atoms with Gasteiger partial charge in [0.2, 0.25) is 5.91 Å². The highest BCUT2D eigenvalue weighted by atomic mass is 35.5. The molecule has 0 saturated carbocycles. The Morgan fingerprint density at radius 1 is 1.00 bits per heavy atom. The number of carbonyl (C=O) groups excluding carboxylic acids is 2. The number of carbonyl (C=O) groups is 2. The second-order valence-electron chi connectivity index (χ2n) is 10.6. The third kappa shape index (κ3) is 6.00. The predicted molar refractivity (Wildman–Crippen MR) is 165 cm³/mol. The van der Waals surface area contributed by atoms with Crippen molar-refractivity contribution in [2.45, 2.75) is 44.9 Å². The molecule has 0 fully saturated rings. The Labute approximate surface area is 249 Å². The third-order valence-corrected chi connectivity index (χ3v) is 8.00. The summed E-state index contributed by atoms with van der Waals surface area (Å²) in [6.07, 6.45) is 8.46. The van der Waals surface area contributed by atoms with Crippen LogP contribution in [0.15, 0.2) is 72.9 Å². The number of fused-ring (bicyclic) bond motifs is 5. The van der Waals surface area contributed by atoms with Gasteiger partial charge in [-0.3, -0.25) is 4.79 Å². The van der Waals surface area contributed by atoms with E-state index in [1.807, 2.05) is 13.8 Å². The smallest absolute Gasteiger partial charge is 0.356 e. The van der Waals surface area contributed by atoms with E-state index in [2.05, 4.69) is 63.6 Å². The fourth-order valence-electron chi connectivity index (χ4n) is 5.55. The normalized spacial score (nSPS) is 14.6. The van der Waals surface area contributed by atoms with Crippen molar-refractivity contribution < 1.29 is 18.7 Å². The summed E-state index contributed by atoms with van der Waals surface area (Å²) in [7, 11) is 1.33. The third-order valence-electron chi connectivity index (χ3n) is 7.68. The molecule has 214 valence electrons. The summed E-state index contributed by atoms with van der Waals surface area (Å²) < 4.78 is 19.0. The molecule has 0 saturated heterocycles. The summed E-state index contributed by atoms with van der Waals surface area (Å²) in [4.78, 5) is 27.8. The average molecular weight is 583 g/mol. The second kappa shape index (κ2) is 12.7. The zero-order valence-electron chi connectivity index (χ0n) is 23.8. The number of nitrogens with one attached hydrogen (secondary N) is 1. The van der Waals surface area contributed by atoms with Gasteiger partial charge in [0.15, 0.2) is 0 Å². The van der Waals surface area contributed by atoms with Crippen molar-refractivity contribution in [1.82, 2.24) is 4.98 Å². The SMILES string of the molecule is CC(C)c1cc(NC(=O)C2CCC=c3c2ccc2c3=CCc3ccccc3-2)c(F)cc1Cl.COC(=O)c1ccccn1. The number of rotatable bonds is 4. The molecule has 3 aromatic carbocycles. The number of nitrogens with zero attached hydrogens (tertiary/aromatic N) is 1. The minimum Gasteiger partial charge on any atom is -0.464 e. The minimum atomic E-state index is -0.509. The van der Waals surface area contributed by atoms with Crippen LogP contribution in [0.4, 0.5) is 10.1 Å². The standard InChI is InChI=1S/C28H25ClFNO.C7H7NO2/c1-16(2)24-14-27(26(30)15-25(24)29)31-28(32)23-9-5-8-19-21-11-10-17-6-3-4-7-18(17)20(21)12-13-22(19)23;1-10-7(9)6-4-2-3-5-8-6/h3-4,6-8,11-16,23H,5,9-10H2,1-2H3,(H,31,32);2-5H,1H3. The Hall–Kier alpha value is -4.29. The largest absolute Gasteiger partial charge is 0.464 e. The first-order valence-corrected chi connectivity index (χ1v) is 14.4. The van der Waals surface area contributed by atoms with Crippen LogP contribution in [0.1, 0.15) is 65.7 Å². The molecule has 7 heteroatoms. The van der Waals surface area contributed by atoms with Crippen LogP contribution in [0.25, 0.3) is 23.3 Å². The quantitative estimate of drug-likeness (QED) is 0.270. The van der Waals surface area contributed by atoms with Crippen LogP contribution in [-0.2, 0) is 16.0 Å². The van der Waals surface area contributed by atoms with Crippen LogP contribution in [0.5, 0.6) is 0 Å². The van der Waals surface area contributed by atoms with Crippen LogP contribution >= 0.6 is 11.6 Å². The first-order valence-electron chi connectivity index (χ1n) is 14.0. The maximum Gasteiger partial charge on any atom is 0.356 e. The highest BCUT2D eigenvalue weighted by Crippen LogP contribution is 2.32. The van der Waals surface area contributed by atoms with Crippen molar-refractivity contribution in [3.8, 4) is 11.1 Å². The molecule has 5 nitrogen and oxygen atoms in total. The number of aromatic nitrogens is 1. The van der Waals surface area contributed by atoms with E-state index < -0.39 is 11.8 Å². The Balaban J connectivity index is 0.000000300. The van der Waals surface area contributed by atoms with Crippen molar-refractivity contribution in [3.63, 3.8) is 0 Å². The van der Waals surface area contributed by atoms with E-state index in [1.165, 1.54) is 35.1 Å². The fraction of sp³-hybridized carbons (Fsp3) is 0.229. The molecule has 0 bridgehead atoms. The lowest BCUT2D eigenvalue weighted by Gasteiger charge is -2.24. The monoisotopic (exact) mass is 582 g/mol. The first kappa shape index (κ1) is 29.2. The first-order chi connectivity index (χ1) is 20.3. The molecule has 1 amide bonds. The Kier molecular flexibility index (Phi) is 8.83. The molecule has 6 rings (SSSR count). The molecule has 4 aromatic rings. The van der Waals surface area contributed by atoms with Crippen molar-refractivity contribution in [3.05, 3.63) is 117 Å². The number of anilines is 1. The summed E-state index contributed by atoms with van der Waals surface area (Å²) in [6.45, 7) is 3.99. The number of methoxy groups -OCH3 is 1. The van der Waals surface area contributed by atoms with Crippen LogP contribution in [0.3, 0.4) is 0 Å². The molecular formula is C35H32ClFN2O3. The topological polar surface area (TPSA) is 68.3 Å². The number of hydrogen-bond donors (Lipinski definition) is 1. The van der Waals surface area contributed by atoms with E-state index in [9.17, 15) is 14.0 Å². The Morgan fingerprint density at radius 2 is 1.79 bits per heavy atom. The van der Waals surface area contributed by atoms with E-state index in [0.29, 0.717) is 17.1 Å². The molecule has 1 atom stereocenters. The van der Waals surface area contributed by atoms with E-state index in [1.54, 1.807) is 30.5 Å². The lowest BCUT2D eigenvalue weighted by Crippen LogP contribution is -2.38. The van der Waals surface area contributed by atoms with Gasteiger partial charge in [-0.25, -0.2) is 14.2 Å². The highest BCUT2D eigenvalue weighted by molar-refractivity contribution is 6.31. The van der Waals surface area contributed by atoms with E-state index in [0.717, 1.165) is 29.2 Å². The number of ether oxygens (including phenoxy) is 1. The Morgan fingerprint density at radius 3 is 2.52 bits per heavy atom. The number of amides is 1. The van der Waals surface area contributed by atoms with Crippen LogP contribution < -0.4 is 15.8 Å². The van der Waals surface area contributed by atoms with Gasteiger partial charge in [0.25, 0.3) is 0 Å². The maximum absolute atomic E-state index is 14.6. The molecule has 2 aliphatic carbocycles. The van der Waals surface area contributed by atoms with Gasteiger partial charge in [0.05, 0.1) is 18.7 Å². The van der Waals surface area contributed by atoms with E-state index in [4.69, 9.17) is 11.6 Å². The minimum absolute atomic E-state index is 0.133. The van der Waals surface area contributed by atoms with Crippen LogP contribution in [-0.4, -0.2) is 24.0 Å². The zero-order valence-corrected chi connectivity index (χ0v) is 24.5. The lowest BCUT2D eigenvalue weighted by molar-refractivity contribution is -0.117. The fourth-order valence-corrected chi connectivity index (χ4v) is 5.92. The average Bonchev–Trinajstić information content (AvgIpc) is 3.01. The van der Waals surface area contributed by atoms with Gasteiger partial charge in [0.1, 0.15) is 11.5 Å². The van der Waals surface area contributed by atoms with Gasteiger partial charge in [-0.2, -0.15) is 0 Å². The van der Waals surface area contributed by atoms with E-state index in [-0.39, 0.29) is 23.4 Å². The number of halogens is 2. The number of benzene rings is 3. The zero-order chi connectivity index (χ0) is 29.8. The van der Waals surface area contributed by atoms with Gasteiger partial charge in [-0.05, 0) is 87.7 Å². The highest BCUT2D eigenvalue weighted by Gasteiger charge is 2.26. The second-order valence-corrected chi connectivity index (χ2v) is 11.0. The van der Waals surface area contributed by atoms with Crippen molar-refractivity contribution in [1.29, 1.82) is 0 Å². The van der Waals surface area contributed by atoms with Crippen LogP contribution in [0, 0.1) is 5.82 Å². The maximum atomic E-state index is 14.6. The summed E-state index contributed by atoms with van der Waals surface area (Å²) in [5.74, 6) is -1.27. The molecule has 1 unspecified atom stereocenters. The Bertz CT molecular complexity index is 1770. The van der Waals surface area contributed by atoms with Gasteiger partial charge in [-0.15, -0.1) is 0 Å². The van der Waals surface area contributed by atoms with Gasteiger partial charge in [0, 0.05) is 11.2 Å².